The van der Waals surface area contributed by atoms with E-state index in [9.17, 15) is 4.39 Å². The average molecular weight is 323 g/mol. The molecule has 0 aliphatic heterocycles. The van der Waals surface area contributed by atoms with Gasteiger partial charge in [-0.25, -0.2) is 4.39 Å². The van der Waals surface area contributed by atoms with E-state index in [4.69, 9.17) is 10.5 Å². The van der Waals surface area contributed by atoms with Crippen molar-refractivity contribution >= 4 is 10.8 Å². The highest BCUT2D eigenvalue weighted by molar-refractivity contribution is 5.90. The van der Waals surface area contributed by atoms with Crippen LogP contribution in [-0.4, -0.2) is 12.6 Å². The van der Waals surface area contributed by atoms with Crippen molar-refractivity contribution in [3.05, 3.63) is 66.0 Å². The summed E-state index contributed by atoms with van der Waals surface area (Å²) in [5.41, 5.74) is 9.16. The Balaban J connectivity index is 2.02. The van der Waals surface area contributed by atoms with E-state index in [2.05, 4.69) is 25.1 Å². The van der Waals surface area contributed by atoms with Crippen LogP contribution in [0.3, 0.4) is 0 Å². The van der Waals surface area contributed by atoms with E-state index in [1.165, 1.54) is 17.7 Å². The summed E-state index contributed by atoms with van der Waals surface area (Å²) in [5.74, 6) is 0.616. The molecule has 0 radical (unpaired) electrons. The summed E-state index contributed by atoms with van der Waals surface area (Å²) in [7, 11) is 0. The lowest BCUT2D eigenvalue weighted by Crippen LogP contribution is -2.23. The molecule has 0 saturated heterocycles. The van der Waals surface area contributed by atoms with E-state index in [0.29, 0.717) is 6.61 Å². The molecule has 3 aromatic rings. The standard InChI is InChI=1S/C21H22FNO/c1-3-15-10-18-11-20(24-13-14(2)23)9-6-17(18)12-21(15)16-4-7-19(22)8-5-16/h4-12,14H,3,13,23H2,1-2H3/t14-/m0/s1. The van der Waals surface area contributed by atoms with Crippen molar-refractivity contribution in [2.75, 3.05) is 6.61 Å². The largest absolute Gasteiger partial charge is 0.492 e. The molecule has 24 heavy (non-hydrogen) atoms. The van der Waals surface area contributed by atoms with E-state index in [1.54, 1.807) is 0 Å². The maximum atomic E-state index is 13.2. The molecule has 3 aromatic carbocycles. The summed E-state index contributed by atoms with van der Waals surface area (Å²) in [4.78, 5) is 0. The lowest BCUT2D eigenvalue weighted by molar-refractivity contribution is 0.296. The average Bonchev–Trinajstić information content (AvgIpc) is 2.59. The van der Waals surface area contributed by atoms with Gasteiger partial charge < -0.3 is 10.5 Å². The second kappa shape index (κ2) is 7.02. The molecule has 2 nitrogen and oxygen atoms in total. The molecule has 3 heteroatoms. The van der Waals surface area contributed by atoms with Crippen molar-refractivity contribution in [3.8, 4) is 16.9 Å². The molecule has 0 aliphatic carbocycles. The summed E-state index contributed by atoms with van der Waals surface area (Å²) in [5, 5.41) is 2.28. The van der Waals surface area contributed by atoms with Crippen LogP contribution in [0.5, 0.6) is 5.75 Å². The summed E-state index contributed by atoms with van der Waals surface area (Å²) in [6.07, 6.45) is 0.910. The number of hydrogen-bond acceptors (Lipinski definition) is 2. The highest BCUT2D eigenvalue weighted by Gasteiger charge is 2.08. The zero-order valence-electron chi connectivity index (χ0n) is 14.1. The van der Waals surface area contributed by atoms with E-state index in [-0.39, 0.29) is 11.9 Å². The molecule has 0 bridgehead atoms. The lowest BCUT2D eigenvalue weighted by Gasteiger charge is -2.13. The number of hydrogen-bond donors (Lipinski definition) is 1. The molecule has 0 aromatic heterocycles. The summed E-state index contributed by atoms with van der Waals surface area (Å²) in [6.45, 7) is 4.55. The quantitative estimate of drug-likeness (QED) is 0.722. The van der Waals surface area contributed by atoms with Crippen LogP contribution in [0.2, 0.25) is 0 Å². The predicted octanol–water partition coefficient (Wildman–Crippen LogP) is 4.93. The van der Waals surface area contributed by atoms with Crippen LogP contribution in [0.1, 0.15) is 19.4 Å². The third-order valence-corrected chi connectivity index (χ3v) is 4.08. The first-order valence-corrected chi connectivity index (χ1v) is 8.28. The highest BCUT2D eigenvalue weighted by Crippen LogP contribution is 2.31. The fourth-order valence-electron chi connectivity index (χ4n) is 2.83. The second-order valence-electron chi connectivity index (χ2n) is 6.17. The Morgan fingerprint density at radius 3 is 2.42 bits per heavy atom. The molecular formula is C21H22FNO. The molecule has 0 amide bonds. The maximum Gasteiger partial charge on any atom is 0.123 e. The third kappa shape index (κ3) is 3.57. The van der Waals surface area contributed by atoms with Crippen LogP contribution in [0.15, 0.2) is 54.6 Å². The van der Waals surface area contributed by atoms with Crippen molar-refractivity contribution in [1.82, 2.24) is 0 Å². The molecule has 2 N–H and O–H groups in total. The number of halogens is 1. The zero-order valence-corrected chi connectivity index (χ0v) is 14.1. The number of benzene rings is 3. The monoisotopic (exact) mass is 323 g/mol. The second-order valence-corrected chi connectivity index (χ2v) is 6.17. The Labute approximate surface area is 142 Å². The first-order valence-electron chi connectivity index (χ1n) is 8.28. The van der Waals surface area contributed by atoms with Gasteiger partial charge in [0.25, 0.3) is 0 Å². The number of ether oxygens (including phenoxy) is 1. The highest BCUT2D eigenvalue weighted by atomic mass is 19.1. The minimum absolute atomic E-state index is 0.00718. The van der Waals surface area contributed by atoms with Crippen LogP contribution < -0.4 is 10.5 Å². The zero-order chi connectivity index (χ0) is 17.1. The molecule has 0 fully saturated rings. The van der Waals surface area contributed by atoms with Crippen molar-refractivity contribution in [3.63, 3.8) is 0 Å². The Morgan fingerprint density at radius 1 is 1.00 bits per heavy atom. The molecule has 0 heterocycles. The van der Waals surface area contributed by atoms with Gasteiger partial charge in [-0.15, -0.1) is 0 Å². The van der Waals surface area contributed by atoms with Crippen molar-refractivity contribution in [1.29, 1.82) is 0 Å². The first-order chi connectivity index (χ1) is 11.6. The third-order valence-electron chi connectivity index (χ3n) is 4.08. The van der Waals surface area contributed by atoms with E-state index < -0.39 is 0 Å². The van der Waals surface area contributed by atoms with Crippen molar-refractivity contribution < 1.29 is 9.13 Å². The van der Waals surface area contributed by atoms with Crippen LogP contribution in [-0.2, 0) is 6.42 Å². The molecule has 3 rings (SSSR count). The van der Waals surface area contributed by atoms with Gasteiger partial charge >= 0.3 is 0 Å². The van der Waals surface area contributed by atoms with E-state index >= 15 is 0 Å². The normalized spacial score (nSPS) is 12.3. The SMILES string of the molecule is CCc1cc2cc(OC[C@H](C)N)ccc2cc1-c1ccc(F)cc1. The van der Waals surface area contributed by atoms with Gasteiger partial charge in [0.1, 0.15) is 18.2 Å². The molecular weight excluding hydrogens is 301 g/mol. The minimum Gasteiger partial charge on any atom is -0.492 e. The van der Waals surface area contributed by atoms with Gasteiger partial charge in [-0.05, 0) is 71.1 Å². The van der Waals surface area contributed by atoms with Crippen LogP contribution in [0.25, 0.3) is 21.9 Å². The van der Waals surface area contributed by atoms with Crippen molar-refractivity contribution in [2.45, 2.75) is 26.3 Å². The molecule has 0 aliphatic rings. The summed E-state index contributed by atoms with van der Waals surface area (Å²) in [6, 6.07) is 17.1. The van der Waals surface area contributed by atoms with Crippen molar-refractivity contribution in [2.24, 2.45) is 5.73 Å². The first kappa shape index (κ1) is 16.5. The summed E-state index contributed by atoms with van der Waals surface area (Å²) < 4.78 is 18.9. The van der Waals surface area contributed by atoms with Gasteiger partial charge in [-0.3, -0.25) is 0 Å². The number of fused-ring (bicyclic) bond motifs is 1. The number of nitrogens with two attached hydrogens (primary N) is 1. The maximum absolute atomic E-state index is 13.2. The smallest absolute Gasteiger partial charge is 0.123 e. The lowest BCUT2D eigenvalue weighted by atomic mass is 9.94. The molecule has 0 spiro atoms. The van der Waals surface area contributed by atoms with Gasteiger partial charge in [0.2, 0.25) is 0 Å². The molecule has 1 atom stereocenters. The molecule has 124 valence electrons. The number of aryl methyl sites for hydroxylation is 1. The Kier molecular flexibility index (Phi) is 4.81. The Bertz CT molecular complexity index is 840. The van der Waals surface area contributed by atoms with Gasteiger partial charge in [0.05, 0.1) is 0 Å². The minimum atomic E-state index is -0.214. The molecule has 0 unspecified atom stereocenters. The van der Waals surface area contributed by atoms with E-state index in [1.807, 2.05) is 31.2 Å². The topological polar surface area (TPSA) is 35.2 Å². The Morgan fingerprint density at radius 2 is 1.75 bits per heavy atom. The molecule has 0 saturated carbocycles. The van der Waals surface area contributed by atoms with Crippen LogP contribution in [0, 0.1) is 5.82 Å². The van der Waals surface area contributed by atoms with E-state index in [0.717, 1.165) is 34.1 Å². The van der Waals surface area contributed by atoms with Gasteiger partial charge in [0.15, 0.2) is 0 Å². The fraction of sp³-hybridized carbons (Fsp3) is 0.238. The van der Waals surface area contributed by atoms with Gasteiger partial charge in [0, 0.05) is 6.04 Å². The van der Waals surface area contributed by atoms with Gasteiger partial charge in [-0.2, -0.15) is 0 Å². The van der Waals surface area contributed by atoms with Crippen LogP contribution >= 0.6 is 0 Å². The fourth-order valence-corrected chi connectivity index (χ4v) is 2.83. The number of rotatable bonds is 5. The Hall–Kier alpha value is -2.39. The van der Waals surface area contributed by atoms with Crippen LogP contribution in [0.4, 0.5) is 4.39 Å². The van der Waals surface area contributed by atoms with Gasteiger partial charge in [-0.1, -0.05) is 31.2 Å². The predicted molar refractivity (Wildman–Crippen MR) is 97.9 cm³/mol. The summed E-state index contributed by atoms with van der Waals surface area (Å²) >= 11 is 0.